The SMILES string of the molecule is CC(=O)ON=C(c1ccc(N(C)C)cc1)c1ccc(N(C)C)cc1. The molecule has 0 saturated carbocycles. The number of hydrogen-bond acceptors (Lipinski definition) is 5. The number of carbonyl (C=O) groups excluding carboxylic acids is 1. The molecule has 0 N–H and O–H groups in total. The second kappa shape index (κ2) is 7.64. The largest absolute Gasteiger partial charge is 0.378 e. The Balaban J connectivity index is 2.41. The molecule has 0 fully saturated rings. The fourth-order valence-electron chi connectivity index (χ4n) is 2.22. The first kappa shape index (κ1) is 17.5. The lowest BCUT2D eigenvalue weighted by atomic mass is 10.0. The van der Waals surface area contributed by atoms with E-state index in [-0.39, 0.29) is 0 Å². The Kier molecular flexibility index (Phi) is 5.58. The minimum atomic E-state index is -0.442. The predicted molar refractivity (Wildman–Crippen MR) is 98.9 cm³/mol. The summed E-state index contributed by atoms with van der Waals surface area (Å²) in [5.74, 6) is -0.442. The van der Waals surface area contributed by atoms with E-state index in [0.29, 0.717) is 5.71 Å². The van der Waals surface area contributed by atoms with Gasteiger partial charge in [0, 0.05) is 57.6 Å². The Hall–Kier alpha value is -2.82. The molecular weight excluding hydrogens is 302 g/mol. The summed E-state index contributed by atoms with van der Waals surface area (Å²) in [6, 6.07) is 15.9. The number of rotatable bonds is 5. The minimum absolute atomic E-state index is 0.442. The molecule has 2 aromatic carbocycles. The van der Waals surface area contributed by atoms with Crippen LogP contribution in [-0.2, 0) is 9.63 Å². The maximum Gasteiger partial charge on any atom is 0.332 e. The van der Waals surface area contributed by atoms with Crippen LogP contribution in [0.1, 0.15) is 18.1 Å². The molecule has 0 aliphatic heterocycles. The van der Waals surface area contributed by atoms with Gasteiger partial charge in [-0.25, -0.2) is 4.79 Å². The average molecular weight is 325 g/mol. The molecule has 0 heterocycles. The highest BCUT2D eigenvalue weighted by atomic mass is 16.7. The van der Waals surface area contributed by atoms with Gasteiger partial charge in [0.15, 0.2) is 0 Å². The van der Waals surface area contributed by atoms with Gasteiger partial charge in [0.25, 0.3) is 0 Å². The molecule has 2 aromatic rings. The van der Waals surface area contributed by atoms with E-state index in [1.54, 1.807) is 0 Å². The monoisotopic (exact) mass is 325 g/mol. The van der Waals surface area contributed by atoms with Crippen LogP contribution in [0, 0.1) is 0 Å². The van der Waals surface area contributed by atoms with Crippen molar-refractivity contribution in [1.29, 1.82) is 0 Å². The highest BCUT2D eigenvalue weighted by Gasteiger charge is 2.10. The Labute approximate surface area is 143 Å². The fraction of sp³-hybridized carbons (Fsp3) is 0.263. The zero-order valence-electron chi connectivity index (χ0n) is 14.8. The van der Waals surface area contributed by atoms with Gasteiger partial charge in [-0.3, -0.25) is 0 Å². The Morgan fingerprint density at radius 2 is 1.17 bits per heavy atom. The van der Waals surface area contributed by atoms with E-state index in [4.69, 9.17) is 4.84 Å². The molecular formula is C19H23N3O2. The molecule has 5 nitrogen and oxygen atoms in total. The molecule has 0 aromatic heterocycles. The summed E-state index contributed by atoms with van der Waals surface area (Å²) in [5.41, 5.74) is 4.59. The van der Waals surface area contributed by atoms with Crippen molar-refractivity contribution in [3.63, 3.8) is 0 Å². The average Bonchev–Trinajstić information content (AvgIpc) is 2.55. The van der Waals surface area contributed by atoms with E-state index in [1.807, 2.05) is 86.5 Å². The van der Waals surface area contributed by atoms with Gasteiger partial charge in [-0.2, -0.15) is 0 Å². The lowest BCUT2D eigenvalue weighted by molar-refractivity contribution is -0.140. The standard InChI is InChI=1S/C19H23N3O2/c1-14(23)24-20-19(15-6-10-17(11-7-15)21(2)3)16-8-12-18(13-9-16)22(4)5/h6-13H,1-5H3. The number of carbonyl (C=O) groups is 1. The molecule has 0 aliphatic carbocycles. The Bertz CT molecular complexity index is 664. The molecule has 0 amide bonds. The van der Waals surface area contributed by atoms with Crippen LogP contribution in [0.2, 0.25) is 0 Å². The van der Waals surface area contributed by atoms with Gasteiger partial charge in [-0.15, -0.1) is 0 Å². The Morgan fingerprint density at radius 3 is 1.46 bits per heavy atom. The van der Waals surface area contributed by atoms with Crippen molar-refractivity contribution in [3.8, 4) is 0 Å². The molecule has 126 valence electrons. The zero-order valence-corrected chi connectivity index (χ0v) is 14.8. The molecule has 0 unspecified atom stereocenters. The molecule has 0 bridgehead atoms. The molecule has 2 rings (SSSR count). The molecule has 0 atom stereocenters. The maximum atomic E-state index is 11.2. The number of nitrogens with zero attached hydrogens (tertiary/aromatic N) is 3. The highest BCUT2D eigenvalue weighted by molar-refractivity contribution is 6.13. The summed E-state index contributed by atoms with van der Waals surface area (Å²) >= 11 is 0. The van der Waals surface area contributed by atoms with E-state index < -0.39 is 5.97 Å². The van der Waals surface area contributed by atoms with Crippen LogP contribution in [0.3, 0.4) is 0 Å². The van der Waals surface area contributed by atoms with Gasteiger partial charge < -0.3 is 14.6 Å². The second-order valence-corrected chi connectivity index (χ2v) is 5.91. The van der Waals surface area contributed by atoms with Crippen molar-refractivity contribution in [2.24, 2.45) is 5.16 Å². The molecule has 24 heavy (non-hydrogen) atoms. The van der Waals surface area contributed by atoms with E-state index in [9.17, 15) is 4.79 Å². The molecule has 5 heteroatoms. The summed E-state index contributed by atoms with van der Waals surface area (Å²) < 4.78 is 0. The molecule has 0 saturated heterocycles. The van der Waals surface area contributed by atoms with Crippen LogP contribution in [0.5, 0.6) is 0 Å². The minimum Gasteiger partial charge on any atom is -0.378 e. The first-order chi connectivity index (χ1) is 11.4. The fourth-order valence-corrected chi connectivity index (χ4v) is 2.22. The summed E-state index contributed by atoms with van der Waals surface area (Å²) in [4.78, 5) is 20.1. The molecule has 0 spiro atoms. The highest BCUT2D eigenvalue weighted by Crippen LogP contribution is 2.19. The number of oxime groups is 1. The first-order valence-corrected chi connectivity index (χ1v) is 7.69. The maximum absolute atomic E-state index is 11.2. The van der Waals surface area contributed by atoms with Gasteiger partial charge in [-0.05, 0) is 24.3 Å². The third-order valence-electron chi connectivity index (χ3n) is 3.58. The number of hydrogen-bond donors (Lipinski definition) is 0. The first-order valence-electron chi connectivity index (χ1n) is 7.69. The van der Waals surface area contributed by atoms with Gasteiger partial charge in [0.05, 0.1) is 0 Å². The van der Waals surface area contributed by atoms with E-state index >= 15 is 0 Å². The Morgan fingerprint density at radius 1 is 0.792 bits per heavy atom. The normalized spacial score (nSPS) is 10.0. The number of anilines is 2. The van der Waals surface area contributed by atoms with Crippen LogP contribution >= 0.6 is 0 Å². The van der Waals surface area contributed by atoms with Crippen molar-refractivity contribution in [3.05, 3.63) is 59.7 Å². The summed E-state index contributed by atoms with van der Waals surface area (Å²) in [7, 11) is 7.96. The predicted octanol–water partition coefficient (Wildman–Crippen LogP) is 3.13. The number of benzene rings is 2. The molecule has 0 aliphatic rings. The zero-order chi connectivity index (χ0) is 17.7. The second-order valence-electron chi connectivity index (χ2n) is 5.91. The van der Waals surface area contributed by atoms with Gasteiger partial charge in [0.2, 0.25) is 0 Å². The molecule has 0 radical (unpaired) electrons. The topological polar surface area (TPSA) is 45.1 Å². The van der Waals surface area contributed by atoms with E-state index in [1.165, 1.54) is 6.92 Å². The van der Waals surface area contributed by atoms with Crippen LogP contribution in [0.15, 0.2) is 53.7 Å². The third kappa shape index (κ3) is 4.35. The summed E-state index contributed by atoms with van der Waals surface area (Å²) in [5, 5.41) is 4.05. The van der Waals surface area contributed by atoms with Gasteiger partial charge >= 0.3 is 5.97 Å². The van der Waals surface area contributed by atoms with Crippen LogP contribution in [0.25, 0.3) is 0 Å². The van der Waals surface area contributed by atoms with E-state index in [0.717, 1.165) is 22.5 Å². The van der Waals surface area contributed by atoms with Gasteiger partial charge in [-0.1, -0.05) is 29.4 Å². The third-order valence-corrected chi connectivity index (χ3v) is 3.58. The van der Waals surface area contributed by atoms with Crippen molar-refractivity contribution in [2.45, 2.75) is 6.92 Å². The van der Waals surface area contributed by atoms with E-state index in [2.05, 4.69) is 5.16 Å². The smallest absolute Gasteiger partial charge is 0.332 e. The van der Waals surface area contributed by atoms with Crippen LogP contribution < -0.4 is 9.80 Å². The van der Waals surface area contributed by atoms with Crippen molar-refractivity contribution < 1.29 is 9.63 Å². The van der Waals surface area contributed by atoms with Crippen LogP contribution in [0.4, 0.5) is 11.4 Å². The van der Waals surface area contributed by atoms with Gasteiger partial charge in [0.1, 0.15) is 5.71 Å². The van der Waals surface area contributed by atoms with Crippen molar-refractivity contribution in [2.75, 3.05) is 38.0 Å². The summed E-state index contributed by atoms with van der Waals surface area (Å²) in [6.45, 7) is 1.34. The van der Waals surface area contributed by atoms with Crippen molar-refractivity contribution >= 4 is 23.1 Å². The quantitative estimate of drug-likeness (QED) is 0.481. The van der Waals surface area contributed by atoms with Crippen molar-refractivity contribution in [1.82, 2.24) is 0 Å². The lowest BCUT2D eigenvalue weighted by Crippen LogP contribution is -2.11. The summed E-state index contributed by atoms with van der Waals surface area (Å²) in [6.07, 6.45) is 0. The lowest BCUT2D eigenvalue weighted by Gasteiger charge is -2.15. The van der Waals surface area contributed by atoms with Crippen LogP contribution in [-0.4, -0.2) is 39.9 Å².